The molecular formula is C13H18N4O2. The Bertz CT molecular complexity index is 472. The fourth-order valence-corrected chi connectivity index (χ4v) is 2.37. The van der Waals surface area contributed by atoms with Gasteiger partial charge in [0.15, 0.2) is 0 Å². The van der Waals surface area contributed by atoms with E-state index in [9.17, 15) is 9.59 Å². The Balaban J connectivity index is 2.05. The Labute approximate surface area is 112 Å². The van der Waals surface area contributed by atoms with E-state index in [4.69, 9.17) is 5.73 Å². The molecule has 0 saturated carbocycles. The summed E-state index contributed by atoms with van der Waals surface area (Å²) in [6, 6.07) is 0.0372. The van der Waals surface area contributed by atoms with Crippen LogP contribution < -0.4 is 5.73 Å². The van der Waals surface area contributed by atoms with Crippen molar-refractivity contribution in [2.45, 2.75) is 38.6 Å². The number of rotatable bonds is 4. The van der Waals surface area contributed by atoms with Gasteiger partial charge in [0.1, 0.15) is 0 Å². The zero-order valence-electron chi connectivity index (χ0n) is 11.0. The van der Waals surface area contributed by atoms with Crippen molar-refractivity contribution in [1.82, 2.24) is 14.9 Å². The van der Waals surface area contributed by atoms with Crippen LogP contribution in [0.1, 0.15) is 43.6 Å². The number of aryl methyl sites for hydroxylation is 1. The second-order valence-corrected chi connectivity index (χ2v) is 4.77. The van der Waals surface area contributed by atoms with Crippen LogP contribution in [-0.4, -0.2) is 33.2 Å². The molecule has 1 saturated heterocycles. The number of carbonyl (C=O) groups is 2. The number of primary amides is 1. The van der Waals surface area contributed by atoms with Crippen LogP contribution in [0.2, 0.25) is 0 Å². The Kier molecular flexibility index (Phi) is 4.09. The van der Waals surface area contributed by atoms with E-state index < -0.39 is 0 Å². The van der Waals surface area contributed by atoms with Crippen LogP contribution in [0.4, 0.5) is 0 Å². The fourth-order valence-electron chi connectivity index (χ4n) is 2.37. The third-order valence-corrected chi connectivity index (χ3v) is 3.35. The monoisotopic (exact) mass is 262 g/mol. The van der Waals surface area contributed by atoms with Crippen molar-refractivity contribution in [1.29, 1.82) is 0 Å². The first-order chi connectivity index (χ1) is 9.08. The summed E-state index contributed by atoms with van der Waals surface area (Å²) in [5.41, 5.74) is 6.65. The lowest BCUT2D eigenvalue weighted by molar-refractivity contribution is -0.129. The first kappa shape index (κ1) is 13.5. The van der Waals surface area contributed by atoms with Crippen LogP contribution in [0.3, 0.4) is 0 Å². The van der Waals surface area contributed by atoms with Gasteiger partial charge in [-0.2, -0.15) is 0 Å². The maximum atomic E-state index is 11.5. The quantitative estimate of drug-likeness (QED) is 0.859. The van der Waals surface area contributed by atoms with E-state index in [2.05, 4.69) is 9.97 Å². The lowest BCUT2D eigenvalue weighted by Gasteiger charge is -2.22. The Morgan fingerprint density at radius 3 is 2.79 bits per heavy atom. The second kappa shape index (κ2) is 5.77. The summed E-state index contributed by atoms with van der Waals surface area (Å²) in [4.78, 5) is 32.7. The lowest BCUT2D eigenvalue weighted by Crippen LogP contribution is -2.28. The molecule has 0 aliphatic carbocycles. The van der Waals surface area contributed by atoms with Crippen LogP contribution in [0.25, 0.3) is 0 Å². The summed E-state index contributed by atoms with van der Waals surface area (Å²) >= 11 is 0. The molecule has 2 amide bonds. The van der Waals surface area contributed by atoms with Gasteiger partial charge >= 0.3 is 0 Å². The van der Waals surface area contributed by atoms with Crippen LogP contribution in [0.15, 0.2) is 12.4 Å². The molecule has 2 N–H and O–H groups in total. The molecule has 1 aromatic rings. The van der Waals surface area contributed by atoms with Gasteiger partial charge in [-0.25, -0.2) is 0 Å². The molecule has 1 aliphatic heterocycles. The van der Waals surface area contributed by atoms with E-state index in [1.807, 2.05) is 4.90 Å². The number of hydrogen-bond donors (Lipinski definition) is 1. The van der Waals surface area contributed by atoms with Gasteiger partial charge in [-0.1, -0.05) is 0 Å². The van der Waals surface area contributed by atoms with E-state index in [0.717, 1.165) is 30.8 Å². The van der Waals surface area contributed by atoms with Crippen molar-refractivity contribution < 1.29 is 9.59 Å². The Morgan fingerprint density at radius 1 is 1.42 bits per heavy atom. The smallest absolute Gasteiger partial charge is 0.220 e. The van der Waals surface area contributed by atoms with Crippen LogP contribution >= 0.6 is 0 Å². The van der Waals surface area contributed by atoms with E-state index in [-0.39, 0.29) is 24.3 Å². The zero-order chi connectivity index (χ0) is 13.8. The summed E-state index contributed by atoms with van der Waals surface area (Å²) in [5.74, 6) is -0.272. The summed E-state index contributed by atoms with van der Waals surface area (Å²) in [6.07, 6.45) is 6.06. The zero-order valence-corrected chi connectivity index (χ0v) is 11.0. The molecule has 1 aliphatic rings. The maximum Gasteiger partial charge on any atom is 0.220 e. The van der Waals surface area contributed by atoms with Gasteiger partial charge in [0.2, 0.25) is 11.8 Å². The molecule has 0 aromatic carbocycles. The maximum absolute atomic E-state index is 11.5. The van der Waals surface area contributed by atoms with Crippen molar-refractivity contribution in [2.24, 2.45) is 5.73 Å². The highest BCUT2D eigenvalue weighted by Crippen LogP contribution is 2.30. The third-order valence-electron chi connectivity index (χ3n) is 3.35. The molecule has 0 radical (unpaired) electrons. The molecule has 2 heterocycles. The molecule has 19 heavy (non-hydrogen) atoms. The molecule has 1 atom stereocenters. The molecule has 1 aromatic heterocycles. The average Bonchev–Trinajstić information content (AvgIpc) is 2.86. The number of hydrogen-bond acceptors (Lipinski definition) is 4. The lowest BCUT2D eigenvalue weighted by atomic mass is 10.1. The van der Waals surface area contributed by atoms with Gasteiger partial charge in [0.25, 0.3) is 0 Å². The molecular weight excluding hydrogens is 244 g/mol. The van der Waals surface area contributed by atoms with Crippen molar-refractivity contribution in [2.75, 3.05) is 6.54 Å². The predicted molar refractivity (Wildman–Crippen MR) is 68.9 cm³/mol. The van der Waals surface area contributed by atoms with E-state index in [1.54, 1.807) is 19.3 Å². The number of nitrogens with zero attached hydrogens (tertiary/aromatic N) is 3. The molecule has 0 spiro atoms. The van der Waals surface area contributed by atoms with Crippen molar-refractivity contribution in [3.05, 3.63) is 23.8 Å². The molecule has 6 nitrogen and oxygen atoms in total. The van der Waals surface area contributed by atoms with Crippen LogP contribution in [0.5, 0.6) is 0 Å². The minimum Gasteiger partial charge on any atom is -0.370 e. The molecule has 102 valence electrons. The van der Waals surface area contributed by atoms with Crippen molar-refractivity contribution in [3.63, 3.8) is 0 Å². The number of amides is 2. The topological polar surface area (TPSA) is 89.2 Å². The highest BCUT2D eigenvalue weighted by molar-refractivity contribution is 5.74. The molecule has 6 heteroatoms. The normalized spacial score (nSPS) is 18.6. The standard InChI is InChI=1S/C13H18N4O2/c1-9(18)17-6-2-3-12(17)11-8-15-10(7-16-11)4-5-13(14)19/h7-8,12H,2-6H2,1H3,(H2,14,19). The molecule has 2 rings (SSSR count). The number of aromatic nitrogens is 2. The largest absolute Gasteiger partial charge is 0.370 e. The highest BCUT2D eigenvalue weighted by Gasteiger charge is 2.28. The second-order valence-electron chi connectivity index (χ2n) is 4.77. The first-order valence-corrected chi connectivity index (χ1v) is 6.44. The van der Waals surface area contributed by atoms with Crippen LogP contribution in [0, 0.1) is 0 Å². The van der Waals surface area contributed by atoms with Crippen LogP contribution in [-0.2, 0) is 16.0 Å². The van der Waals surface area contributed by atoms with E-state index >= 15 is 0 Å². The summed E-state index contributed by atoms with van der Waals surface area (Å²) in [6.45, 7) is 2.36. The summed E-state index contributed by atoms with van der Waals surface area (Å²) < 4.78 is 0. The van der Waals surface area contributed by atoms with Gasteiger partial charge in [-0.3, -0.25) is 19.6 Å². The van der Waals surface area contributed by atoms with Gasteiger partial charge < -0.3 is 10.6 Å². The molecule has 0 bridgehead atoms. The first-order valence-electron chi connectivity index (χ1n) is 6.44. The van der Waals surface area contributed by atoms with Crippen molar-refractivity contribution in [3.8, 4) is 0 Å². The Morgan fingerprint density at radius 2 is 2.21 bits per heavy atom. The molecule has 1 fully saturated rings. The van der Waals surface area contributed by atoms with Gasteiger partial charge in [0, 0.05) is 26.1 Å². The minimum absolute atomic E-state index is 0.0372. The van der Waals surface area contributed by atoms with Crippen molar-refractivity contribution >= 4 is 11.8 Å². The van der Waals surface area contributed by atoms with Gasteiger partial charge in [-0.05, 0) is 19.3 Å². The van der Waals surface area contributed by atoms with E-state index in [0.29, 0.717) is 6.42 Å². The Hall–Kier alpha value is -1.98. The predicted octanol–water partition coefficient (Wildman–Crippen LogP) is 0.578. The highest BCUT2D eigenvalue weighted by atomic mass is 16.2. The number of carbonyl (C=O) groups excluding carboxylic acids is 2. The summed E-state index contributed by atoms with van der Waals surface area (Å²) in [7, 11) is 0. The third kappa shape index (κ3) is 3.27. The van der Waals surface area contributed by atoms with E-state index in [1.165, 1.54) is 0 Å². The SMILES string of the molecule is CC(=O)N1CCCC1c1cnc(CCC(N)=O)cn1. The molecule has 1 unspecified atom stereocenters. The minimum atomic E-state index is -0.343. The fraction of sp³-hybridized carbons (Fsp3) is 0.538. The number of nitrogens with two attached hydrogens (primary N) is 1. The van der Waals surface area contributed by atoms with Gasteiger partial charge in [-0.15, -0.1) is 0 Å². The number of likely N-dealkylation sites (tertiary alicyclic amines) is 1. The van der Waals surface area contributed by atoms with Gasteiger partial charge in [0.05, 0.1) is 23.6 Å². The average molecular weight is 262 g/mol. The summed E-state index contributed by atoms with van der Waals surface area (Å²) in [5, 5.41) is 0.